The molecule has 0 aromatic heterocycles. The maximum absolute atomic E-state index is 12.2. The number of thioether (sulfide) groups is 1. The van der Waals surface area contributed by atoms with Gasteiger partial charge >= 0.3 is 5.97 Å². The summed E-state index contributed by atoms with van der Waals surface area (Å²) in [6.07, 6.45) is 0.795. The van der Waals surface area contributed by atoms with Gasteiger partial charge in [0.2, 0.25) is 5.91 Å². The Morgan fingerprint density at radius 1 is 0.966 bits per heavy atom. The van der Waals surface area contributed by atoms with Crippen molar-refractivity contribution < 1.29 is 23.9 Å². The molecule has 0 radical (unpaired) electrons. The predicted octanol–water partition coefficient (Wildman–Crippen LogP) is 3.04. The van der Waals surface area contributed by atoms with Gasteiger partial charge in [0, 0.05) is 28.1 Å². The third kappa shape index (κ3) is 6.76. The number of hydrogen-bond acceptors (Lipinski definition) is 6. The summed E-state index contributed by atoms with van der Waals surface area (Å²) in [6, 6.07) is 13.1. The van der Waals surface area contributed by atoms with Crippen molar-refractivity contribution in [2.45, 2.75) is 30.8 Å². The Labute approximate surface area is 173 Å². The molecule has 0 spiro atoms. The Morgan fingerprint density at radius 3 is 2.10 bits per heavy atom. The molecule has 0 saturated heterocycles. The van der Waals surface area contributed by atoms with Gasteiger partial charge in [0.05, 0.1) is 6.42 Å². The first-order chi connectivity index (χ1) is 13.8. The number of ketones is 1. The molecule has 8 heteroatoms. The Balaban J connectivity index is 1.80. The van der Waals surface area contributed by atoms with Crippen molar-refractivity contribution in [2.24, 2.45) is 5.73 Å². The zero-order chi connectivity index (χ0) is 21.4. The predicted molar refractivity (Wildman–Crippen MR) is 111 cm³/mol. The van der Waals surface area contributed by atoms with E-state index in [9.17, 15) is 19.2 Å². The van der Waals surface area contributed by atoms with Crippen LogP contribution in [0.3, 0.4) is 0 Å². The van der Waals surface area contributed by atoms with Gasteiger partial charge in [0.1, 0.15) is 0 Å². The normalized spacial score (nSPS) is 11.4. The number of rotatable bonds is 9. The number of nitrogens with two attached hydrogens (primary N) is 1. The molecule has 2 amide bonds. The second-order valence-electron chi connectivity index (χ2n) is 6.21. The minimum Gasteiger partial charge on any atom is -0.453 e. The van der Waals surface area contributed by atoms with Crippen LogP contribution in [0.15, 0.2) is 53.4 Å². The number of primary amides is 1. The molecule has 152 valence electrons. The fourth-order valence-electron chi connectivity index (χ4n) is 2.41. The maximum Gasteiger partial charge on any atom is 0.307 e. The number of esters is 1. The Morgan fingerprint density at radius 2 is 1.55 bits per heavy atom. The molecular formula is C21H22N2O5S. The summed E-state index contributed by atoms with van der Waals surface area (Å²) >= 11 is 1.58. The number of anilines is 1. The van der Waals surface area contributed by atoms with Crippen LogP contribution < -0.4 is 11.1 Å². The summed E-state index contributed by atoms with van der Waals surface area (Å²) in [4.78, 5) is 48.3. The van der Waals surface area contributed by atoms with Crippen molar-refractivity contribution in [2.75, 3.05) is 11.6 Å². The second kappa shape index (κ2) is 10.4. The van der Waals surface area contributed by atoms with Gasteiger partial charge < -0.3 is 15.8 Å². The van der Waals surface area contributed by atoms with E-state index in [0.29, 0.717) is 16.8 Å². The molecule has 3 N–H and O–H groups in total. The summed E-state index contributed by atoms with van der Waals surface area (Å²) < 4.78 is 5.09. The smallest absolute Gasteiger partial charge is 0.307 e. The first-order valence-electron chi connectivity index (χ1n) is 8.87. The molecular weight excluding hydrogens is 392 g/mol. The Kier molecular flexibility index (Phi) is 7.97. The SMILES string of the molecule is CSc1ccc(C(=O)CCC(=O)O[C@H](C)C(=O)Nc2ccc(C(N)=O)cc2)cc1. The minimum atomic E-state index is -1.03. The van der Waals surface area contributed by atoms with Crippen LogP contribution in [-0.2, 0) is 14.3 Å². The van der Waals surface area contributed by atoms with Crippen molar-refractivity contribution >= 4 is 41.0 Å². The number of nitrogens with one attached hydrogen (secondary N) is 1. The van der Waals surface area contributed by atoms with Gasteiger partial charge in [-0.15, -0.1) is 11.8 Å². The summed E-state index contributed by atoms with van der Waals surface area (Å²) in [5.41, 5.74) is 6.44. The number of amides is 2. The number of Topliss-reactive ketones (excluding diaryl/α,β-unsaturated/α-hetero) is 1. The fraction of sp³-hybridized carbons (Fsp3) is 0.238. The summed E-state index contributed by atoms with van der Waals surface area (Å²) in [6.45, 7) is 1.44. The highest BCUT2D eigenvalue weighted by molar-refractivity contribution is 7.98. The molecule has 7 nitrogen and oxygen atoms in total. The second-order valence-corrected chi connectivity index (χ2v) is 7.09. The maximum atomic E-state index is 12.2. The van der Waals surface area contributed by atoms with Crippen molar-refractivity contribution in [3.05, 3.63) is 59.7 Å². The van der Waals surface area contributed by atoms with E-state index < -0.39 is 23.9 Å². The highest BCUT2D eigenvalue weighted by Gasteiger charge is 2.19. The van der Waals surface area contributed by atoms with E-state index in [2.05, 4.69) is 5.32 Å². The molecule has 0 saturated carbocycles. The van der Waals surface area contributed by atoms with Crippen molar-refractivity contribution in [1.82, 2.24) is 0 Å². The Bertz CT molecular complexity index is 894. The summed E-state index contributed by atoms with van der Waals surface area (Å²) in [5.74, 6) is -1.89. The molecule has 2 rings (SSSR count). The highest BCUT2D eigenvalue weighted by Crippen LogP contribution is 2.16. The third-order valence-corrected chi connectivity index (χ3v) is 4.83. The van der Waals surface area contributed by atoms with Crippen molar-refractivity contribution in [3.63, 3.8) is 0 Å². The van der Waals surface area contributed by atoms with E-state index in [0.717, 1.165) is 4.90 Å². The topological polar surface area (TPSA) is 116 Å². The number of hydrogen-bond donors (Lipinski definition) is 2. The van der Waals surface area contributed by atoms with Gasteiger partial charge in [-0.25, -0.2) is 0 Å². The molecule has 2 aromatic carbocycles. The zero-order valence-electron chi connectivity index (χ0n) is 16.1. The van der Waals surface area contributed by atoms with Gasteiger partial charge in [-0.1, -0.05) is 12.1 Å². The average molecular weight is 414 g/mol. The lowest BCUT2D eigenvalue weighted by Gasteiger charge is -2.13. The number of benzene rings is 2. The van der Waals surface area contributed by atoms with Gasteiger partial charge in [0.15, 0.2) is 11.9 Å². The van der Waals surface area contributed by atoms with E-state index in [-0.39, 0.29) is 18.6 Å². The van der Waals surface area contributed by atoms with Gasteiger partial charge in [0.25, 0.3) is 5.91 Å². The number of carbonyl (C=O) groups excluding carboxylic acids is 4. The van der Waals surface area contributed by atoms with E-state index in [1.54, 1.807) is 23.9 Å². The van der Waals surface area contributed by atoms with Crippen LogP contribution in [0.2, 0.25) is 0 Å². The first-order valence-corrected chi connectivity index (χ1v) is 10.1. The first kappa shape index (κ1) is 22.2. The van der Waals surface area contributed by atoms with Gasteiger partial charge in [-0.2, -0.15) is 0 Å². The molecule has 29 heavy (non-hydrogen) atoms. The monoisotopic (exact) mass is 414 g/mol. The molecule has 0 bridgehead atoms. The van der Waals surface area contributed by atoms with Crippen LogP contribution in [0, 0.1) is 0 Å². The van der Waals surface area contributed by atoms with Gasteiger partial charge in [-0.3, -0.25) is 19.2 Å². The van der Waals surface area contributed by atoms with Crippen LogP contribution in [-0.4, -0.2) is 35.9 Å². The van der Waals surface area contributed by atoms with Crippen LogP contribution in [0.5, 0.6) is 0 Å². The van der Waals surface area contributed by atoms with E-state index in [4.69, 9.17) is 10.5 Å². The minimum absolute atomic E-state index is 0.000363. The molecule has 1 atom stereocenters. The van der Waals surface area contributed by atoms with E-state index >= 15 is 0 Å². The van der Waals surface area contributed by atoms with Gasteiger partial charge in [-0.05, 0) is 49.6 Å². The average Bonchev–Trinajstić information content (AvgIpc) is 2.72. The summed E-state index contributed by atoms with van der Waals surface area (Å²) in [5, 5.41) is 2.58. The molecule has 0 aliphatic rings. The molecule has 0 fully saturated rings. The molecule has 0 unspecified atom stereocenters. The quantitative estimate of drug-likeness (QED) is 0.370. The summed E-state index contributed by atoms with van der Waals surface area (Å²) in [7, 11) is 0. The molecule has 0 aliphatic heterocycles. The van der Waals surface area contributed by atoms with E-state index in [1.165, 1.54) is 31.2 Å². The van der Waals surface area contributed by atoms with Crippen LogP contribution in [0.4, 0.5) is 5.69 Å². The fourth-order valence-corrected chi connectivity index (χ4v) is 2.82. The highest BCUT2D eigenvalue weighted by atomic mass is 32.2. The number of carbonyl (C=O) groups is 4. The lowest BCUT2D eigenvalue weighted by molar-refractivity contribution is -0.153. The van der Waals surface area contributed by atoms with Crippen LogP contribution in [0.25, 0.3) is 0 Å². The molecule has 2 aromatic rings. The Hall–Kier alpha value is -3.13. The lowest BCUT2D eigenvalue weighted by Crippen LogP contribution is -2.30. The molecule has 0 heterocycles. The lowest BCUT2D eigenvalue weighted by atomic mass is 10.1. The van der Waals surface area contributed by atoms with Crippen molar-refractivity contribution in [1.29, 1.82) is 0 Å². The van der Waals surface area contributed by atoms with Crippen LogP contribution in [0.1, 0.15) is 40.5 Å². The van der Waals surface area contributed by atoms with E-state index in [1.807, 2.05) is 18.4 Å². The van der Waals surface area contributed by atoms with Crippen molar-refractivity contribution in [3.8, 4) is 0 Å². The largest absolute Gasteiger partial charge is 0.453 e. The van der Waals surface area contributed by atoms with Crippen LogP contribution >= 0.6 is 11.8 Å². The molecule has 0 aliphatic carbocycles. The standard InChI is InChI=1S/C21H22N2O5S/c1-13(21(27)23-16-7-3-15(4-8-16)20(22)26)28-19(25)12-11-18(24)14-5-9-17(29-2)10-6-14/h3-10,13H,11-12H2,1-2H3,(H2,22,26)(H,23,27)/t13-/m1/s1. The third-order valence-electron chi connectivity index (χ3n) is 4.08. The number of ether oxygens (including phenoxy) is 1. The zero-order valence-corrected chi connectivity index (χ0v) is 17.0.